The number of halogens is 1. The first-order chi connectivity index (χ1) is 7.04. The maximum Gasteiger partial charge on any atom is 0.123 e. The first kappa shape index (κ1) is 12.1. The lowest BCUT2D eigenvalue weighted by Gasteiger charge is -2.15. The van der Waals surface area contributed by atoms with Crippen LogP contribution < -0.4 is 10.5 Å². The molecule has 0 radical (unpaired) electrons. The molecule has 0 aliphatic carbocycles. The van der Waals surface area contributed by atoms with Crippen molar-refractivity contribution in [1.29, 1.82) is 0 Å². The van der Waals surface area contributed by atoms with Gasteiger partial charge in [0.25, 0.3) is 0 Å². The van der Waals surface area contributed by atoms with Crippen molar-refractivity contribution in [3.8, 4) is 5.75 Å². The quantitative estimate of drug-likeness (QED) is 0.798. The van der Waals surface area contributed by atoms with Crippen LogP contribution in [0.3, 0.4) is 0 Å². The fourth-order valence-electron chi connectivity index (χ4n) is 1.48. The topological polar surface area (TPSA) is 35.2 Å². The first-order valence-corrected chi connectivity index (χ1v) is 5.15. The van der Waals surface area contributed by atoms with Crippen LogP contribution >= 0.6 is 11.6 Å². The van der Waals surface area contributed by atoms with Gasteiger partial charge < -0.3 is 10.5 Å². The number of benzene rings is 1. The van der Waals surface area contributed by atoms with E-state index in [0.717, 1.165) is 23.3 Å². The van der Waals surface area contributed by atoms with E-state index in [4.69, 9.17) is 22.1 Å². The maximum atomic E-state index is 6.04. The zero-order valence-electron chi connectivity index (χ0n) is 9.09. The third-order valence-electron chi connectivity index (χ3n) is 2.16. The predicted molar refractivity (Wildman–Crippen MR) is 64.4 cm³/mol. The van der Waals surface area contributed by atoms with Crippen LogP contribution in [0.25, 0.3) is 0 Å². The average Bonchev–Trinajstić information content (AvgIpc) is 2.16. The number of nitrogens with two attached hydrogens (primary N) is 1. The first-order valence-electron chi connectivity index (χ1n) is 4.78. The van der Waals surface area contributed by atoms with Crippen LogP contribution in [-0.4, -0.2) is 7.11 Å². The SMILES string of the molecule is C=C(C)C[C@H](N)c1cc(Cl)ccc1OC. The summed E-state index contributed by atoms with van der Waals surface area (Å²) in [5.74, 6) is 0.771. The second kappa shape index (κ2) is 5.19. The normalized spacial score (nSPS) is 12.3. The third-order valence-corrected chi connectivity index (χ3v) is 2.39. The fourth-order valence-corrected chi connectivity index (χ4v) is 1.66. The Balaban J connectivity index is 2.99. The van der Waals surface area contributed by atoms with Gasteiger partial charge >= 0.3 is 0 Å². The van der Waals surface area contributed by atoms with Crippen molar-refractivity contribution in [2.45, 2.75) is 19.4 Å². The summed E-state index contributed by atoms with van der Waals surface area (Å²) in [5, 5.41) is 0.669. The van der Waals surface area contributed by atoms with E-state index in [-0.39, 0.29) is 6.04 Å². The van der Waals surface area contributed by atoms with Gasteiger partial charge in [-0.25, -0.2) is 0 Å². The summed E-state index contributed by atoms with van der Waals surface area (Å²) in [6.45, 7) is 5.80. The summed E-state index contributed by atoms with van der Waals surface area (Å²) < 4.78 is 5.23. The predicted octanol–water partition coefficient (Wildman–Crippen LogP) is 3.31. The highest BCUT2D eigenvalue weighted by Crippen LogP contribution is 2.29. The highest BCUT2D eigenvalue weighted by molar-refractivity contribution is 6.30. The fraction of sp³-hybridized carbons (Fsp3) is 0.333. The van der Waals surface area contributed by atoms with E-state index >= 15 is 0 Å². The van der Waals surface area contributed by atoms with Crippen molar-refractivity contribution in [2.24, 2.45) is 5.73 Å². The van der Waals surface area contributed by atoms with E-state index in [1.54, 1.807) is 13.2 Å². The van der Waals surface area contributed by atoms with Crippen molar-refractivity contribution in [3.63, 3.8) is 0 Å². The monoisotopic (exact) mass is 225 g/mol. The smallest absolute Gasteiger partial charge is 0.123 e. The van der Waals surface area contributed by atoms with E-state index in [9.17, 15) is 0 Å². The molecule has 0 saturated heterocycles. The molecule has 0 bridgehead atoms. The van der Waals surface area contributed by atoms with Crippen LogP contribution in [-0.2, 0) is 0 Å². The molecule has 0 amide bonds. The Kier molecular flexibility index (Phi) is 4.18. The second-order valence-electron chi connectivity index (χ2n) is 3.65. The van der Waals surface area contributed by atoms with Gasteiger partial charge in [-0.15, -0.1) is 6.58 Å². The maximum absolute atomic E-state index is 6.04. The van der Waals surface area contributed by atoms with Crippen molar-refractivity contribution < 1.29 is 4.74 Å². The minimum atomic E-state index is -0.115. The molecule has 82 valence electrons. The molecule has 1 atom stereocenters. The number of rotatable bonds is 4. The van der Waals surface area contributed by atoms with Gasteiger partial charge in [-0.3, -0.25) is 0 Å². The van der Waals surface area contributed by atoms with E-state index < -0.39 is 0 Å². The van der Waals surface area contributed by atoms with Gasteiger partial charge in [0.2, 0.25) is 0 Å². The summed E-state index contributed by atoms with van der Waals surface area (Å²) in [4.78, 5) is 0. The highest BCUT2D eigenvalue weighted by atomic mass is 35.5. The molecule has 2 N–H and O–H groups in total. The lowest BCUT2D eigenvalue weighted by atomic mass is 10.0. The van der Waals surface area contributed by atoms with Crippen LogP contribution in [0.1, 0.15) is 24.9 Å². The molecule has 0 heterocycles. The third kappa shape index (κ3) is 3.26. The highest BCUT2D eigenvalue weighted by Gasteiger charge is 2.12. The summed E-state index contributed by atoms with van der Waals surface area (Å²) >= 11 is 5.92. The van der Waals surface area contributed by atoms with Gasteiger partial charge in [-0.05, 0) is 31.5 Å². The zero-order chi connectivity index (χ0) is 11.4. The van der Waals surface area contributed by atoms with Gasteiger partial charge in [0.15, 0.2) is 0 Å². The van der Waals surface area contributed by atoms with Crippen LogP contribution in [0.5, 0.6) is 5.75 Å². The lowest BCUT2D eigenvalue weighted by molar-refractivity contribution is 0.405. The molecule has 0 unspecified atom stereocenters. The van der Waals surface area contributed by atoms with Crippen LogP contribution in [0.4, 0.5) is 0 Å². The molecule has 0 spiro atoms. The van der Waals surface area contributed by atoms with Gasteiger partial charge in [0.05, 0.1) is 7.11 Å². The molecule has 0 aliphatic heterocycles. The van der Waals surface area contributed by atoms with E-state index in [1.807, 2.05) is 19.1 Å². The van der Waals surface area contributed by atoms with Crippen molar-refractivity contribution in [3.05, 3.63) is 40.9 Å². The molecule has 2 nitrogen and oxygen atoms in total. The minimum Gasteiger partial charge on any atom is -0.496 e. The number of methoxy groups -OCH3 is 1. The van der Waals surface area contributed by atoms with Crippen molar-refractivity contribution in [1.82, 2.24) is 0 Å². The molecular formula is C12H16ClNO. The molecule has 1 aromatic carbocycles. The Morgan fingerprint density at radius 3 is 2.80 bits per heavy atom. The molecule has 3 heteroatoms. The molecule has 0 fully saturated rings. The number of hydrogen-bond donors (Lipinski definition) is 1. The van der Waals surface area contributed by atoms with Gasteiger partial charge in [-0.1, -0.05) is 17.2 Å². The van der Waals surface area contributed by atoms with Crippen molar-refractivity contribution in [2.75, 3.05) is 7.11 Å². The molecule has 0 saturated carbocycles. The summed E-state index contributed by atoms with van der Waals surface area (Å²) in [6, 6.07) is 5.34. The van der Waals surface area contributed by atoms with E-state index in [2.05, 4.69) is 6.58 Å². The average molecular weight is 226 g/mol. The minimum absolute atomic E-state index is 0.115. The summed E-state index contributed by atoms with van der Waals surface area (Å²) in [6.07, 6.45) is 0.733. The number of ether oxygens (including phenoxy) is 1. The molecule has 0 aromatic heterocycles. The number of hydrogen-bond acceptors (Lipinski definition) is 2. The van der Waals surface area contributed by atoms with Gasteiger partial charge in [0, 0.05) is 16.6 Å². The zero-order valence-corrected chi connectivity index (χ0v) is 9.84. The van der Waals surface area contributed by atoms with Gasteiger partial charge in [-0.2, -0.15) is 0 Å². The summed E-state index contributed by atoms with van der Waals surface area (Å²) in [5.41, 5.74) is 8.01. The second-order valence-corrected chi connectivity index (χ2v) is 4.09. The van der Waals surface area contributed by atoms with E-state index in [0.29, 0.717) is 5.02 Å². The Labute approximate surface area is 95.7 Å². The molecule has 0 aliphatic rings. The molecule has 15 heavy (non-hydrogen) atoms. The van der Waals surface area contributed by atoms with Crippen LogP contribution in [0.2, 0.25) is 5.02 Å². The standard InChI is InChI=1S/C12H16ClNO/c1-8(2)6-11(14)10-7-9(13)4-5-12(10)15-3/h4-5,7,11H,1,6,14H2,2-3H3/t11-/m0/s1. The van der Waals surface area contributed by atoms with Gasteiger partial charge in [0.1, 0.15) is 5.75 Å². The van der Waals surface area contributed by atoms with Crippen LogP contribution in [0, 0.1) is 0 Å². The molecule has 1 aromatic rings. The van der Waals surface area contributed by atoms with Crippen molar-refractivity contribution >= 4 is 11.6 Å². The van der Waals surface area contributed by atoms with Crippen LogP contribution in [0.15, 0.2) is 30.4 Å². The Morgan fingerprint density at radius 2 is 2.27 bits per heavy atom. The van der Waals surface area contributed by atoms with E-state index in [1.165, 1.54) is 0 Å². The Morgan fingerprint density at radius 1 is 1.60 bits per heavy atom. The molecular weight excluding hydrogens is 210 g/mol. The summed E-state index contributed by atoms with van der Waals surface area (Å²) in [7, 11) is 1.63. The Bertz CT molecular complexity index is 363. The lowest BCUT2D eigenvalue weighted by Crippen LogP contribution is -2.11. The largest absolute Gasteiger partial charge is 0.496 e. The Hall–Kier alpha value is -0.990. The molecule has 1 rings (SSSR count).